The summed E-state index contributed by atoms with van der Waals surface area (Å²) in [7, 11) is 0. The molecule has 0 radical (unpaired) electrons. The van der Waals surface area contributed by atoms with Crippen LogP contribution in [0.2, 0.25) is 0 Å². The van der Waals surface area contributed by atoms with Gasteiger partial charge in [-0.1, -0.05) is 31.2 Å². The Morgan fingerprint density at radius 2 is 1.94 bits per heavy atom. The van der Waals surface area contributed by atoms with Crippen molar-refractivity contribution < 1.29 is 14.2 Å². The molecule has 3 heterocycles. The van der Waals surface area contributed by atoms with Crippen molar-refractivity contribution in [3.05, 3.63) is 66.2 Å². The second-order valence-corrected chi connectivity index (χ2v) is 9.73. The van der Waals surface area contributed by atoms with E-state index in [2.05, 4.69) is 33.6 Å². The van der Waals surface area contributed by atoms with Crippen molar-refractivity contribution in [2.24, 2.45) is 0 Å². The number of aromatic nitrogens is 4. The highest BCUT2D eigenvalue weighted by Gasteiger charge is 2.17. The van der Waals surface area contributed by atoms with Crippen LogP contribution < -0.4 is 14.2 Å². The topological polar surface area (TPSA) is 71.3 Å². The highest BCUT2D eigenvalue weighted by atomic mass is 32.2. The van der Waals surface area contributed by atoms with Crippen LogP contribution in [-0.2, 0) is 12.3 Å². The maximum atomic E-state index is 5.78. The molecule has 0 amide bonds. The fourth-order valence-corrected chi connectivity index (χ4v) is 5.37. The lowest BCUT2D eigenvalue weighted by atomic mass is 10.2. The van der Waals surface area contributed by atoms with E-state index in [0.717, 1.165) is 69.5 Å². The maximum Gasteiger partial charge on any atom is 0.231 e. The molecule has 2 aromatic carbocycles. The molecule has 2 aromatic heterocycles. The number of unbranched alkanes of at least 4 members (excludes halogenated alkanes) is 1. The van der Waals surface area contributed by atoms with Crippen LogP contribution in [0.3, 0.4) is 0 Å². The maximum absolute atomic E-state index is 5.78. The zero-order chi connectivity index (χ0) is 24.0. The van der Waals surface area contributed by atoms with Gasteiger partial charge in [-0.25, -0.2) is 4.98 Å². The van der Waals surface area contributed by atoms with E-state index in [1.54, 1.807) is 23.1 Å². The third-order valence-electron chi connectivity index (χ3n) is 5.43. The molecule has 0 N–H and O–H groups in total. The number of rotatable bonds is 11. The molecule has 1 aliphatic rings. The van der Waals surface area contributed by atoms with Gasteiger partial charge in [0.05, 0.1) is 12.3 Å². The van der Waals surface area contributed by atoms with Crippen LogP contribution in [0.1, 0.15) is 25.5 Å². The Balaban J connectivity index is 1.28. The van der Waals surface area contributed by atoms with Crippen LogP contribution in [0.4, 0.5) is 0 Å². The SMILES string of the molecule is C=CCn1c(SCc2csc(-c3ccc4c(c3)OCO4)n2)nnc1-c1ccc(OCCCC)cc1. The molecule has 4 aromatic rings. The van der Waals surface area contributed by atoms with Gasteiger partial charge in [0.1, 0.15) is 10.8 Å². The second kappa shape index (κ2) is 11.0. The molecule has 9 heteroatoms. The molecule has 0 fully saturated rings. The largest absolute Gasteiger partial charge is 0.494 e. The highest BCUT2D eigenvalue weighted by Crippen LogP contribution is 2.37. The zero-order valence-corrected chi connectivity index (χ0v) is 21.1. The molecule has 1 aliphatic heterocycles. The minimum absolute atomic E-state index is 0.267. The summed E-state index contributed by atoms with van der Waals surface area (Å²) in [6, 6.07) is 13.9. The molecule has 0 atom stereocenters. The van der Waals surface area contributed by atoms with Crippen LogP contribution in [0, 0.1) is 0 Å². The van der Waals surface area contributed by atoms with Crippen molar-refractivity contribution in [2.45, 2.75) is 37.2 Å². The Morgan fingerprint density at radius 1 is 1.11 bits per heavy atom. The first kappa shape index (κ1) is 23.4. The first-order valence-corrected chi connectivity index (χ1v) is 13.4. The van der Waals surface area contributed by atoms with Gasteiger partial charge in [-0.15, -0.1) is 28.1 Å². The van der Waals surface area contributed by atoms with Crippen LogP contribution in [0.5, 0.6) is 17.2 Å². The second-order valence-electron chi connectivity index (χ2n) is 7.93. The summed E-state index contributed by atoms with van der Waals surface area (Å²) in [6.45, 7) is 7.69. The van der Waals surface area contributed by atoms with Gasteiger partial charge in [-0.2, -0.15) is 0 Å². The monoisotopic (exact) mass is 506 g/mol. The highest BCUT2D eigenvalue weighted by molar-refractivity contribution is 7.98. The number of fused-ring (bicyclic) bond motifs is 1. The third-order valence-corrected chi connectivity index (χ3v) is 7.37. The van der Waals surface area contributed by atoms with E-state index in [1.807, 2.05) is 48.5 Å². The van der Waals surface area contributed by atoms with Crippen molar-refractivity contribution in [1.29, 1.82) is 0 Å². The number of allylic oxidation sites excluding steroid dienone is 1. The molecular formula is C26H26N4O3S2. The average Bonchev–Trinajstić information content (AvgIpc) is 3.63. The van der Waals surface area contributed by atoms with Gasteiger partial charge in [0.2, 0.25) is 6.79 Å². The number of nitrogens with zero attached hydrogens (tertiary/aromatic N) is 4. The van der Waals surface area contributed by atoms with E-state index in [-0.39, 0.29) is 6.79 Å². The number of thiazole rings is 1. The quantitative estimate of drug-likeness (QED) is 0.131. The van der Waals surface area contributed by atoms with E-state index in [1.165, 1.54) is 0 Å². The van der Waals surface area contributed by atoms with E-state index >= 15 is 0 Å². The normalized spacial score (nSPS) is 12.1. The lowest BCUT2D eigenvalue weighted by Gasteiger charge is -2.09. The molecule has 0 saturated carbocycles. The van der Waals surface area contributed by atoms with Crippen LogP contribution in [0.25, 0.3) is 22.0 Å². The minimum Gasteiger partial charge on any atom is -0.494 e. The number of benzene rings is 2. The molecule has 0 saturated heterocycles. The van der Waals surface area contributed by atoms with Crippen molar-refractivity contribution in [2.75, 3.05) is 13.4 Å². The Morgan fingerprint density at radius 3 is 2.77 bits per heavy atom. The summed E-state index contributed by atoms with van der Waals surface area (Å²) in [5, 5.41) is 12.8. The summed E-state index contributed by atoms with van der Waals surface area (Å²) < 4.78 is 18.8. The van der Waals surface area contributed by atoms with Crippen LogP contribution in [0.15, 0.2) is 65.7 Å². The van der Waals surface area contributed by atoms with Crippen molar-refractivity contribution in [3.63, 3.8) is 0 Å². The van der Waals surface area contributed by atoms with Crippen molar-refractivity contribution >= 4 is 23.1 Å². The number of hydrogen-bond donors (Lipinski definition) is 0. The van der Waals surface area contributed by atoms with Gasteiger partial charge in [-0.05, 0) is 48.9 Å². The predicted octanol–water partition coefficient (Wildman–Crippen LogP) is 6.45. The number of hydrogen-bond acceptors (Lipinski definition) is 8. The van der Waals surface area contributed by atoms with Gasteiger partial charge in [0, 0.05) is 28.8 Å². The number of ether oxygens (including phenoxy) is 3. The minimum atomic E-state index is 0.267. The molecule has 0 unspecified atom stereocenters. The zero-order valence-electron chi connectivity index (χ0n) is 19.5. The average molecular weight is 507 g/mol. The lowest BCUT2D eigenvalue weighted by molar-refractivity contribution is 0.174. The van der Waals surface area contributed by atoms with E-state index in [9.17, 15) is 0 Å². The lowest BCUT2D eigenvalue weighted by Crippen LogP contribution is -2.01. The number of thioether (sulfide) groups is 1. The summed E-state index contributed by atoms with van der Waals surface area (Å²) in [6.07, 6.45) is 4.02. The van der Waals surface area contributed by atoms with E-state index < -0.39 is 0 Å². The third kappa shape index (κ3) is 5.36. The molecule has 7 nitrogen and oxygen atoms in total. The summed E-state index contributed by atoms with van der Waals surface area (Å²) in [5.41, 5.74) is 3.01. The van der Waals surface area contributed by atoms with Gasteiger partial charge in [0.25, 0.3) is 0 Å². The van der Waals surface area contributed by atoms with Crippen molar-refractivity contribution in [1.82, 2.24) is 19.7 Å². The smallest absolute Gasteiger partial charge is 0.231 e. The first-order chi connectivity index (χ1) is 17.2. The molecule has 0 bridgehead atoms. The van der Waals surface area contributed by atoms with E-state index in [0.29, 0.717) is 12.3 Å². The Kier molecular flexibility index (Phi) is 7.34. The van der Waals surface area contributed by atoms with E-state index in [4.69, 9.17) is 19.2 Å². The van der Waals surface area contributed by atoms with Gasteiger partial charge < -0.3 is 14.2 Å². The molecular weight excluding hydrogens is 480 g/mol. The fraction of sp³-hybridized carbons (Fsp3) is 0.269. The fourth-order valence-electron chi connectivity index (χ4n) is 3.61. The molecule has 0 aliphatic carbocycles. The van der Waals surface area contributed by atoms with Gasteiger partial charge in [-0.3, -0.25) is 4.57 Å². The molecule has 0 spiro atoms. The molecule has 5 rings (SSSR count). The Labute approximate surface area is 212 Å². The molecule has 180 valence electrons. The summed E-state index contributed by atoms with van der Waals surface area (Å²) in [4.78, 5) is 4.81. The predicted molar refractivity (Wildman–Crippen MR) is 139 cm³/mol. The van der Waals surface area contributed by atoms with Gasteiger partial charge >= 0.3 is 0 Å². The van der Waals surface area contributed by atoms with Crippen LogP contribution >= 0.6 is 23.1 Å². The van der Waals surface area contributed by atoms with Crippen molar-refractivity contribution in [3.8, 4) is 39.2 Å². The Bertz CT molecular complexity index is 1300. The summed E-state index contributed by atoms with van der Waals surface area (Å²) >= 11 is 3.23. The first-order valence-electron chi connectivity index (χ1n) is 11.5. The van der Waals surface area contributed by atoms with Gasteiger partial charge in [0.15, 0.2) is 22.5 Å². The van der Waals surface area contributed by atoms with Crippen LogP contribution in [-0.4, -0.2) is 33.1 Å². The Hall–Kier alpha value is -3.30. The molecule has 35 heavy (non-hydrogen) atoms. The standard InChI is InChI=1S/C26H26N4O3S2/c1-3-5-13-31-21-9-6-18(7-10-21)24-28-29-26(30(24)12-4-2)35-16-20-15-34-25(27-20)19-8-11-22-23(14-19)33-17-32-22/h4,6-11,14-15H,2-3,5,12-13,16-17H2,1H3. The summed E-state index contributed by atoms with van der Waals surface area (Å²) in [5.74, 6) is 3.91.